The fraction of sp³-hybridized carbons (Fsp3) is 0.765. The second-order valence-corrected chi connectivity index (χ2v) is 6.40. The minimum absolute atomic E-state index is 0.875. The molecule has 1 saturated heterocycles. The topological polar surface area (TPSA) is 31.7 Å². The first kappa shape index (κ1) is 15.1. The van der Waals surface area contributed by atoms with Gasteiger partial charge in [0.1, 0.15) is 5.76 Å². The van der Waals surface area contributed by atoms with Gasteiger partial charge in [0.05, 0.1) is 12.8 Å². The van der Waals surface area contributed by atoms with Crippen molar-refractivity contribution in [3.8, 4) is 0 Å². The van der Waals surface area contributed by atoms with E-state index in [0.29, 0.717) is 0 Å². The number of furan rings is 1. The molecule has 0 unspecified atom stereocenters. The molecular formula is C17H29N3O. The zero-order valence-corrected chi connectivity index (χ0v) is 13.3. The van der Waals surface area contributed by atoms with Crippen LogP contribution < -0.4 is 5.32 Å². The zero-order valence-electron chi connectivity index (χ0n) is 13.3. The van der Waals surface area contributed by atoms with Gasteiger partial charge in [-0.3, -0.25) is 9.80 Å². The van der Waals surface area contributed by atoms with E-state index in [4.69, 9.17) is 4.42 Å². The Morgan fingerprint density at radius 3 is 2.67 bits per heavy atom. The van der Waals surface area contributed by atoms with Crippen LogP contribution in [0, 0.1) is 0 Å². The van der Waals surface area contributed by atoms with Crippen LogP contribution >= 0.6 is 0 Å². The summed E-state index contributed by atoms with van der Waals surface area (Å²) in [6, 6.07) is 2.98. The first-order chi connectivity index (χ1) is 10.4. The molecule has 1 aromatic rings. The Hall–Kier alpha value is -0.840. The monoisotopic (exact) mass is 291 g/mol. The van der Waals surface area contributed by atoms with Crippen molar-refractivity contribution in [2.24, 2.45) is 0 Å². The van der Waals surface area contributed by atoms with Gasteiger partial charge in [-0.2, -0.15) is 0 Å². The highest BCUT2D eigenvalue weighted by Gasteiger charge is 2.26. The third-order valence-electron chi connectivity index (χ3n) is 5.02. The Morgan fingerprint density at radius 1 is 1.19 bits per heavy atom. The Labute approximate surface area is 128 Å². The number of nitrogens with one attached hydrogen (secondary N) is 1. The lowest BCUT2D eigenvalue weighted by Crippen LogP contribution is -2.49. The summed E-state index contributed by atoms with van der Waals surface area (Å²) in [6.07, 6.45) is 7.54. The zero-order chi connectivity index (χ0) is 14.5. The standard InChI is InChI=1S/C17H29N3O/c1-2-18-13-15-7-12-21-17(15)14-19-8-10-20(11-9-19)16-5-3-4-6-16/h7,12,16,18H,2-6,8-11,13-14H2,1H3. The molecule has 0 amide bonds. The Kier molecular flexibility index (Phi) is 5.33. The van der Waals surface area contributed by atoms with Gasteiger partial charge >= 0.3 is 0 Å². The van der Waals surface area contributed by atoms with Crippen LogP contribution in [0.25, 0.3) is 0 Å². The molecule has 0 bridgehead atoms. The van der Waals surface area contributed by atoms with Crippen molar-refractivity contribution in [1.29, 1.82) is 0 Å². The van der Waals surface area contributed by atoms with Crippen LogP contribution in [0.4, 0.5) is 0 Å². The van der Waals surface area contributed by atoms with Crippen LogP contribution in [0.15, 0.2) is 16.7 Å². The summed E-state index contributed by atoms with van der Waals surface area (Å²) in [7, 11) is 0. The van der Waals surface area contributed by atoms with E-state index in [1.54, 1.807) is 0 Å². The van der Waals surface area contributed by atoms with Crippen LogP contribution in [0.2, 0.25) is 0 Å². The van der Waals surface area contributed by atoms with E-state index >= 15 is 0 Å². The van der Waals surface area contributed by atoms with Gasteiger partial charge in [0.15, 0.2) is 0 Å². The van der Waals surface area contributed by atoms with Crippen molar-refractivity contribution < 1.29 is 4.42 Å². The maximum absolute atomic E-state index is 5.70. The van der Waals surface area contributed by atoms with Crippen LogP contribution in [0.5, 0.6) is 0 Å². The number of hydrogen-bond acceptors (Lipinski definition) is 4. The third-order valence-corrected chi connectivity index (χ3v) is 5.02. The van der Waals surface area contributed by atoms with Gasteiger partial charge in [0.25, 0.3) is 0 Å². The van der Waals surface area contributed by atoms with Gasteiger partial charge in [0.2, 0.25) is 0 Å². The van der Waals surface area contributed by atoms with Gasteiger partial charge in [-0.25, -0.2) is 0 Å². The van der Waals surface area contributed by atoms with Crippen LogP contribution in [0.1, 0.15) is 43.9 Å². The molecule has 1 N–H and O–H groups in total. The Bertz CT molecular complexity index is 417. The molecule has 1 aliphatic heterocycles. The van der Waals surface area contributed by atoms with E-state index in [1.165, 1.54) is 57.4 Å². The normalized spacial score (nSPS) is 22.1. The predicted molar refractivity (Wildman–Crippen MR) is 85.2 cm³/mol. The molecule has 21 heavy (non-hydrogen) atoms. The van der Waals surface area contributed by atoms with E-state index in [1.807, 2.05) is 6.26 Å². The van der Waals surface area contributed by atoms with Crippen molar-refractivity contribution in [2.75, 3.05) is 32.7 Å². The number of piperazine rings is 1. The van der Waals surface area contributed by atoms with Crippen LogP contribution in [0.3, 0.4) is 0 Å². The molecule has 1 aliphatic carbocycles. The highest BCUT2D eigenvalue weighted by Crippen LogP contribution is 2.24. The molecule has 3 rings (SSSR count). The molecule has 4 nitrogen and oxygen atoms in total. The van der Waals surface area contributed by atoms with E-state index < -0.39 is 0 Å². The fourth-order valence-electron chi connectivity index (χ4n) is 3.68. The minimum atomic E-state index is 0.875. The fourth-order valence-corrected chi connectivity index (χ4v) is 3.68. The van der Waals surface area contributed by atoms with Gasteiger partial charge in [-0.1, -0.05) is 19.8 Å². The molecule has 0 spiro atoms. The van der Waals surface area contributed by atoms with E-state index in [-0.39, 0.29) is 0 Å². The van der Waals surface area contributed by atoms with Crippen molar-refractivity contribution in [3.05, 3.63) is 23.7 Å². The Balaban J connectivity index is 1.47. The van der Waals surface area contributed by atoms with Crippen LogP contribution in [-0.4, -0.2) is 48.6 Å². The highest BCUT2D eigenvalue weighted by molar-refractivity contribution is 5.16. The third kappa shape index (κ3) is 3.87. The van der Waals surface area contributed by atoms with Crippen molar-refractivity contribution in [3.63, 3.8) is 0 Å². The number of rotatable bonds is 6. The smallest absolute Gasteiger partial charge is 0.122 e. The summed E-state index contributed by atoms with van der Waals surface area (Å²) >= 11 is 0. The SMILES string of the molecule is CCNCc1ccoc1CN1CCN(C2CCCC2)CC1. The van der Waals surface area contributed by atoms with E-state index in [0.717, 1.165) is 31.4 Å². The molecule has 118 valence electrons. The maximum atomic E-state index is 5.70. The van der Waals surface area contributed by atoms with Gasteiger partial charge in [-0.15, -0.1) is 0 Å². The molecule has 4 heteroatoms. The number of hydrogen-bond donors (Lipinski definition) is 1. The molecular weight excluding hydrogens is 262 g/mol. The molecule has 0 radical (unpaired) electrons. The van der Waals surface area contributed by atoms with Gasteiger partial charge in [-0.05, 0) is 25.5 Å². The quantitative estimate of drug-likeness (QED) is 0.872. The molecule has 1 saturated carbocycles. The molecule has 2 aliphatic rings. The summed E-state index contributed by atoms with van der Waals surface area (Å²) in [5.41, 5.74) is 1.31. The predicted octanol–water partition coefficient (Wildman–Crippen LogP) is 2.45. The summed E-state index contributed by atoms with van der Waals surface area (Å²) in [4.78, 5) is 5.25. The van der Waals surface area contributed by atoms with Crippen LogP contribution in [-0.2, 0) is 13.1 Å². The maximum Gasteiger partial charge on any atom is 0.122 e. The summed E-state index contributed by atoms with van der Waals surface area (Å²) in [5, 5.41) is 3.39. The van der Waals surface area contributed by atoms with Crippen molar-refractivity contribution in [2.45, 2.75) is 51.7 Å². The first-order valence-corrected chi connectivity index (χ1v) is 8.59. The lowest BCUT2D eigenvalue weighted by Gasteiger charge is -2.37. The second kappa shape index (κ2) is 7.43. The molecule has 2 heterocycles. The van der Waals surface area contributed by atoms with Gasteiger partial charge < -0.3 is 9.73 Å². The average Bonchev–Trinajstić information content (AvgIpc) is 3.18. The summed E-state index contributed by atoms with van der Waals surface area (Å²) < 4.78 is 5.70. The molecule has 0 aromatic carbocycles. The average molecular weight is 291 g/mol. The largest absolute Gasteiger partial charge is 0.468 e. The van der Waals surface area contributed by atoms with Crippen molar-refractivity contribution >= 4 is 0 Å². The minimum Gasteiger partial charge on any atom is -0.468 e. The Morgan fingerprint density at radius 2 is 1.95 bits per heavy atom. The summed E-state index contributed by atoms with van der Waals surface area (Å²) in [5.74, 6) is 1.14. The number of nitrogens with zero attached hydrogens (tertiary/aromatic N) is 2. The molecule has 1 aromatic heterocycles. The van der Waals surface area contributed by atoms with Crippen molar-refractivity contribution in [1.82, 2.24) is 15.1 Å². The molecule has 0 atom stereocenters. The van der Waals surface area contributed by atoms with Gasteiger partial charge in [0, 0.05) is 44.3 Å². The van der Waals surface area contributed by atoms with E-state index in [2.05, 4.69) is 28.1 Å². The lowest BCUT2D eigenvalue weighted by molar-refractivity contribution is 0.0892. The highest BCUT2D eigenvalue weighted by atomic mass is 16.3. The molecule has 2 fully saturated rings. The first-order valence-electron chi connectivity index (χ1n) is 8.59. The second-order valence-electron chi connectivity index (χ2n) is 6.40. The van der Waals surface area contributed by atoms with E-state index in [9.17, 15) is 0 Å². The summed E-state index contributed by atoms with van der Waals surface area (Å²) in [6.45, 7) is 9.85. The lowest BCUT2D eigenvalue weighted by atomic mass is 10.1.